The van der Waals surface area contributed by atoms with Crippen LogP contribution in [0.1, 0.15) is 32.1 Å². The number of hydrogen-bond acceptors (Lipinski definition) is 3. The second-order valence-corrected chi connectivity index (χ2v) is 5.99. The van der Waals surface area contributed by atoms with Crippen molar-refractivity contribution in [3.8, 4) is 0 Å². The van der Waals surface area contributed by atoms with Crippen molar-refractivity contribution in [2.24, 2.45) is 5.92 Å². The van der Waals surface area contributed by atoms with Crippen LogP contribution in [-0.2, 0) is 4.74 Å². The summed E-state index contributed by atoms with van der Waals surface area (Å²) in [5, 5.41) is 9.79. The molecule has 1 unspecified atom stereocenters. The van der Waals surface area contributed by atoms with Crippen LogP contribution in [0.5, 0.6) is 0 Å². The highest BCUT2D eigenvalue weighted by Gasteiger charge is 2.55. The van der Waals surface area contributed by atoms with Crippen molar-refractivity contribution >= 4 is 6.03 Å². The molecule has 0 saturated carbocycles. The molecule has 94 valence electrons. The summed E-state index contributed by atoms with van der Waals surface area (Å²) in [4.78, 5) is 11.8. The Morgan fingerprint density at radius 3 is 2.71 bits per heavy atom. The van der Waals surface area contributed by atoms with Gasteiger partial charge >= 0.3 is 6.03 Å². The summed E-state index contributed by atoms with van der Waals surface area (Å²) in [6.07, 6.45) is 5.67. The quantitative estimate of drug-likeness (QED) is 0.568. The smallest absolute Gasteiger partial charge is 0.317 e. The summed E-state index contributed by atoms with van der Waals surface area (Å²) >= 11 is 0. The lowest BCUT2D eigenvalue weighted by Gasteiger charge is -2.50. The molecular formula is C12H19N3O2. The number of urea groups is 1. The average Bonchev–Trinajstić information content (AvgIpc) is 2.86. The third kappa shape index (κ3) is 1.42. The molecule has 4 fully saturated rings. The van der Waals surface area contributed by atoms with Gasteiger partial charge in [0.1, 0.15) is 6.23 Å². The Hall–Kier alpha value is -0.810. The van der Waals surface area contributed by atoms with Gasteiger partial charge in [0.25, 0.3) is 0 Å². The van der Waals surface area contributed by atoms with Gasteiger partial charge in [-0.3, -0.25) is 0 Å². The van der Waals surface area contributed by atoms with Crippen LogP contribution in [0.15, 0.2) is 0 Å². The molecule has 4 heterocycles. The molecule has 5 atom stereocenters. The molecule has 4 rings (SSSR count). The molecule has 17 heavy (non-hydrogen) atoms. The van der Waals surface area contributed by atoms with E-state index in [1.165, 1.54) is 12.8 Å². The summed E-state index contributed by atoms with van der Waals surface area (Å²) in [6.45, 7) is 0.780. The zero-order valence-electron chi connectivity index (χ0n) is 9.87. The number of fused-ring (bicyclic) bond motifs is 4. The summed E-state index contributed by atoms with van der Waals surface area (Å²) in [6, 6.07) is 1.14. The van der Waals surface area contributed by atoms with E-state index >= 15 is 0 Å². The lowest BCUT2D eigenvalue weighted by Crippen LogP contribution is -2.70. The van der Waals surface area contributed by atoms with Gasteiger partial charge in [-0.2, -0.15) is 0 Å². The molecule has 3 N–H and O–H groups in total. The molecule has 0 radical (unpaired) electrons. The van der Waals surface area contributed by atoms with Crippen molar-refractivity contribution in [1.82, 2.24) is 16.0 Å². The highest BCUT2D eigenvalue weighted by molar-refractivity contribution is 5.76. The molecule has 0 aliphatic carbocycles. The maximum atomic E-state index is 11.8. The number of rotatable bonds is 0. The molecule has 0 aromatic heterocycles. The Labute approximate surface area is 101 Å². The first-order chi connectivity index (χ1) is 8.25. The van der Waals surface area contributed by atoms with E-state index < -0.39 is 0 Å². The van der Waals surface area contributed by atoms with Gasteiger partial charge in [-0.25, -0.2) is 4.79 Å². The molecule has 5 nitrogen and oxygen atoms in total. The summed E-state index contributed by atoms with van der Waals surface area (Å²) < 4.78 is 5.65. The van der Waals surface area contributed by atoms with Crippen LogP contribution in [0.25, 0.3) is 0 Å². The molecule has 2 amide bonds. The lowest BCUT2D eigenvalue weighted by atomic mass is 9.71. The zero-order chi connectivity index (χ0) is 11.5. The maximum Gasteiger partial charge on any atom is 0.317 e. The monoisotopic (exact) mass is 237 g/mol. The van der Waals surface area contributed by atoms with Crippen LogP contribution >= 0.6 is 0 Å². The van der Waals surface area contributed by atoms with Gasteiger partial charge in [-0.1, -0.05) is 0 Å². The Kier molecular flexibility index (Phi) is 2.00. The number of ether oxygens (including phenoxy) is 1. The van der Waals surface area contributed by atoms with Gasteiger partial charge in [0, 0.05) is 24.6 Å². The van der Waals surface area contributed by atoms with Crippen molar-refractivity contribution in [3.63, 3.8) is 0 Å². The molecule has 4 saturated heterocycles. The van der Waals surface area contributed by atoms with E-state index in [1.807, 2.05) is 0 Å². The predicted octanol–water partition coefficient (Wildman–Crippen LogP) is 0.315. The minimum absolute atomic E-state index is 0.0133. The first kappa shape index (κ1) is 10.1. The Morgan fingerprint density at radius 2 is 1.94 bits per heavy atom. The van der Waals surface area contributed by atoms with Gasteiger partial charge in [0.15, 0.2) is 0 Å². The van der Waals surface area contributed by atoms with Crippen molar-refractivity contribution in [3.05, 3.63) is 0 Å². The number of piperidine rings is 1. The third-order valence-corrected chi connectivity index (χ3v) is 4.99. The number of nitrogens with one attached hydrogen (secondary N) is 3. The van der Waals surface area contributed by atoms with Gasteiger partial charge in [-0.15, -0.1) is 0 Å². The molecule has 4 aliphatic rings. The second kappa shape index (κ2) is 3.36. The fourth-order valence-corrected chi connectivity index (χ4v) is 4.37. The van der Waals surface area contributed by atoms with E-state index in [2.05, 4.69) is 16.0 Å². The predicted molar refractivity (Wildman–Crippen MR) is 61.4 cm³/mol. The van der Waals surface area contributed by atoms with Crippen LogP contribution in [0.3, 0.4) is 0 Å². The van der Waals surface area contributed by atoms with Gasteiger partial charge < -0.3 is 20.7 Å². The minimum Gasteiger partial charge on any atom is -0.358 e. The first-order valence-electron chi connectivity index (χ1n) is 6.71. The van der Waals surface area contributed by atoms with E-state index in [0.29, 0.717) is 18.0 Å². The lowest BCUT2D eigenvalue weighted by molar-refractivity contribution is 0.00726. The Bertz CT molecular complexity index is 348. The molecular weight excluding hydrogens is 218 g/mol. The highest BCUT2D eigenvalue weighted by Crippen LogP contribution is 2.44. The maximum absolute atomic E-state index is 11.8. The molecule has 0 aromatic carbocycles. The van der Waals surface area contributed by atoms with Crippen LogP contribution in [0, 0.1) is 5.92 Å². The number of carbonyl (C=O) groups is 1. The summed E-state index contributed by atoms with van der Waals surface area (Å²) in [7, 11) is 0. The normalized spacial score (nSPS) is 52.1. The van der Waals surface area contributed by atoms with Crippen molar-refractivity contribution in [2.45, 2.75) is 56.0 Å². The molecule has 1 spiro atoms. The fraction of sp³-hybridized carbons (Fsp3) is 0.917. The fourth-order valence-electron chi connectivity index (χ4n) is 4.37. The molecule has 5 heteroatoms. The van der Waals surface area contributed by atoms with Gasteiger partial charge in [0.05, 0.1) is 5.54 Å². The van der Waals surface area contributed by atoms with Crippen LogP contribution < -0.4 is 16.0 Å². The number of amides is 2. The summed E-state index contributed by atoms with van der Waals surface area (Å²) in [5.74, 6) is 0.449. The largest absolute Gasteiger partial charge is 0.358 e. The highest BCUT2D eigenvalue weighted by atomic mass is 16.5. The van der Waals surface area contributed by atoms with Crippen molar-refractivity contribution in [1.29, 1.82) is 0 Å². The van der Waals surface area contributed by atoms with Crippen molar-refractivity contribution in [2.75, 3.05) is 6.61 Å². The number of hydrogen-bond donors (Lipinski definition) is 3. The van der Waals surface area contributed by atoms with Gasteiger partial charge in [-0.05, 0) is 32.1 Å². The Balaban J connectivity index is 1.67. The third-order valence-electron chi connectivity index (χ3n) is 4.99. The van der Waals surface area contributed by atoms with Crippen LogP contribution in [0.4, 0.5) is 4.79 Å². The van der Waals surface area contributed by atoms with Crippen LogP contribution in [-0.4, -0.2) is 36.5 Å². The molecule has 0 aromatic rings. The Morgan fingerprint density at radius 1 is 1.18 bits per heavy atom. The standard InChI is InChI=1S/C12H19N3O2/c16-11-14-10-9(3-4-17-10)12(15-11)5-7-1-2-8(6-12)13-7/h7-10,13H,1-6H2,(H2,14,15,16)/t7-,8+,9-,10+,12?/m1/s1. The van der Waals surface area contributed by atoms with E-state index in [1.54, 1.807) is 0 Å². The van der Waals surface area contributed by atoms with Gasteiger partial charge in [0.2, 0.25) is 0 Å². The zero-order valence-corrected chi connectivity index (χ0v) is 9.87. The number of carbonyl (C=O) groups excluding carboxylic acids is 1. The van der Waals surface area contributed by atoms with E-state index in [0.717, 1.165) is 25.9 Å². The van der Waals surface area contributed by atoms with E-state index in [4.69, 9.17) is 4.74 Å². The topological polar surface area (TPSA) is 62.4 Å². The molecule has 2 bridgehead atoms. The minimum atomic E-state index is -0.0544. The average molecular weight is 237 g/mol. The van der Waals surface area contributed by atoms with Crippen molar-refractivity contribution < 1.29 is 9.53 Å². The first-order valence-corrected chi connectivity index (χ1v) is 6.71. The van der Waals surface area contributed by atoms with E-state index in [-0.39, 0.29) is 17.8 Å². The van der Waals surface area contributed by atoms with E-state index in [9.17, 15) is 4.79 Å². The SMILES string of the molecule is O=C1N[C@H]2OCC[C@H]2C2(C[C@H]3CC[C@@H](C2)N3)N1. The second-order valence-electron chi connectivity index (χ2n) is 5.99. The van der Waals surface area contributed by atoms with Crippen LogP contribution in [0.2, 0.25) is 0 Å². The summed E-state index contributed by atoms with van der Waals surface area (Å²) in [5.41, 5.74) is -0.0133. The molecule has 4 aliphatic heterocycles.